The molecule has 12 heteroatoms. The summed E-state index contributed by atoms with van der Waals surface area (Å²) in [6.45, 7) is 3.29. The number of aryl methyl sites for hydroxylation is 1. The molecule has 0 radical (unpaired) electrons. The molecule has 0 aromatic heterocycles. The molecule has 4 rings (SSSR count). The van der Waals surface area contributed by atoms with E-state index in [-0.39, 0.29) is 40.6 Å². The molecule has 0 aliphatic heterocycles. The van der Waals surface area contributed by atoms with Gasteiger partial charge in [-0.05, 0) is 56.0 Å². The van der Waals surface area contributed by atoms with E-state index >= 15 is 0 Å². The van der Waals surface area contributed by atoms with Crippen molar-refractivity contribution >= 4 is 27.5 Å². The summed E-state index contributed by atoms with van der Waals surface area (Å²) in [5.74, 6) is 0.307. The van der Waals surface area contributed by atoms with Crippen LogP contribution in [0.5, 0.6) is 23.0 Å². The lowest BCUT2D eigenvalue weighted by molar-refractivity contribution is -0.140. The third-order valence-electron chi connectivity index (χ3n) is 8.65. The first-order valence-corrected chi connectivity index (χ1v) is 17.6. The van der Waals surface area contributed by atoms with Crippen LogP contribution in [-0.4, -0.2) is 72.2 Å². The molecule has 3 aromatic carbocycles. The predicted octanol–water partition coefficient (Wildman–Crippen LogP) is 5.48. The highest BCUT2D eigenvalue weighted by molar-refractivity contribution is 7.92. The Hall–Kier alpha value is -4.45. The monoisotopic (exact) mass is 681 g/mol. The van der Waals surface area contributed by atoms with Gasteiger partial charge >= 0.3 is 0 Å². The highest BCUT2D eigenvalue weighted by Gasteiger charge is 2.36. The summed E-state index contributed by atoms with van der Waals surface area (Å²) in [5.41, 5.74) is 1.91. The minimum Gasteiger partial charge on any atom is -0.497 e. The Kier molecular flexibility index (Phi) is 12.6. The third kappa shape index (κ3) is 8.52. The zero-order valence-corrected chi connectivity index (χ0v) is 29.5. The molecule has 260 valence electrons. The van der Waals surface area contributed by atoms with Crippen LogP contribution >= 0.6 is 0 Å². The summed E-state index contributed by atoms with van der Waals surface area (Å²) < 4.78 is 51.8. The molecule has 0 bridgehead atoms. The number of methoxy groups -OCH3 is 4. The summed E-state index contributed by atoms with van der Waals surface area (Å²) in [7, 11) is 1.31. The lowest BCUT2D eigenvalue weighted by Crippen LogP contribution is -2.54. The maximum atomic E-state index is 14.6. The number of nitrogens with one attached hydrogen (secondary N) is 1. The summed E-state index contributed by atoms with van der Waals surface area (Å²) >= 11 is 0. The molecule has 1 aliphatic carbocycles. The van der Waals surface area contributed by atoms with E-state index in [1.165, 1.54) is 57.6 Å². The highest BCUT2D eigenvalue weighted by Crippen LogP contribution is 2.38. The zero-order valence-electron chi connectivity index (χ0n) is 28.7. The van der Waals surface area contributed by atoms with Gasteiger partial charge in [-0.15, -0.1) is 0 Å². The Labute approximate surface area is 284 Å². The standard InChI is InChI=1S/C36H47N3O8S/c1-7-30(36(41)37-27-14-9-8-10-15-27)38(23-26-13-11-12-25(2)20-26)35(40)24-39(31-21-28(44-3)16-18-32(31)45-4)48(42,43)29-17-19-33(46-5)34(22-29)47-6/h11-13,16-22,27,30H,7-10,14-15,23-24H2,1-6H3,(H,37,41)/t30-/m0/s1. The Balaban J connectivity index is 1.81. The summed E-state index contributed by atoms with van der Waals surface area (Å²) in [4.78, 5) is 29.8. The molecule has 1 aliphatic rings. The molecule has 1 atom stereocenters. The molecule has 0 spiro atoms. The van der Waals surface area contributed by atoms with Gasteiger partial charge in [0.05, 0.1) is 39.0 Å². The molecule has 2 amide bonds. The minimum absolute atomic E-state index is 0.0409. The number of hydrogen-bond donors (Lipinski definition) is 1. The van der Waals surface area contributed by atoms with E-state index in [1.54, 1.807) is 12.1 Å². The van der Waals surface area contributed by atoms with Crippen molar-refractivity contribution in [2.45, 2.75) is 75.9 Å². The summed E-state index contributed by atoms with van der Waals surface area (Å²) in [5, 5.41) is 3.17. The molecule has 0 unspecified atom stereocenters. The van der Waals surface area contributed by atoms with E-state index in [0.29, 0.717) is 17.9 Å². The number of anilines is 1. The average Bonchev–Trinajstić information content (AvgIpc) is 3.10. The second-order valence-electron chi connectivity index (χ2n) is 11.8. The van der Waals surface area contributed by atoms with Crippen molar-refractivity contribution in [2.75, 3.05) is 39.3 Å². The topological polar surface area (TPSA) is 124 Å². The van der Waals surface area contributed by atoms with Crippen molar-refractivity contribution in [3.8, 4) is 23.0 Å². The fourth-order valence-corrected chi connectivity index (χ4v) is 7.51. The largest absolute Gasteiger partial charge is 0.497 e. The Bertz CT molecular complexity index is 1670. The van der Waals surface area contributed by atoms with Gasteiger partial charge in [-0.1, -0.05) is 56.0 Å². The number of amides is 2. The Morgan fingerprint density at radius 1 is 0.854 bits per heavy atom. The molecule has 11 nitrogen and oxygen atoms in total. The van der Waals surface area contributed by atoms with Crippen molar-refractivity contribution < 1.29 is 37.0 Å². The van der Waals surface area contributed by atoms with Crippen molar-refractivity contribution in [1.82, 2.24) is 10.2 Å². The maximum Gasteiger partial charge on any atom is 0.265 e. The van der Waals surface area contributed by atoms with Crippen LogP contribution in [0.4, 0.5) is 5.69 Å². The van der Waals surface area contributed by atoms with Gasteiger partial charge in [0.2, 0.25) is 11.8 Å². The van der Waals surface area contributed by atoms with Gasteiger partial charge in [-0.25, -0.2) is 8.42 Å². The summed E-state index contributed by atoms with van der Waals surface area (Å²) in [6.07, 6.45) is 5.33. The SMILES string of the molecule is CC[C@@H](C(=O)NC1CCCCC1)N(Cc1cccc(C)c1)C(=O)CN(c1cc(OC)ccc1OC)S(=O)(=O)c1ccc(OC)c(OC)c1. The molecule has 0 heterocycles. The Morgan fingerprint density at radius 2 is 1.54 bits per heavy atom. The van der Waals surface area contributed by atoms with Crippen LogP contribution in [0.15, 0.2) is 65.6 Å². The van der Waals surface area contributed by atoms with Crippen molar-refractivity contribution in [3.05, 3.63) is 71.8 Å². The van der Waals surface area contributed by atoms with E-state index in [9.17, 15) is 18.0 Å². The highest BCUT2D eigenvalue weighted by atomic mass is 32.2. The first kappa shape index (κ1) is 36.4. The molecule has 1 saturated carbocycles. The summed E-state index contributed by atoms with van der Waals surface area (Å²) in [6, 6.07) is 15.8. The lowest BCUT2D eigenvalue weighted by atomic mass is 9.95. The number of ether oxygens (including phenoxy) is 4. The number of nitrogens with zero attached hydrogens (tertiary/aromatic N) is 2. The van der Waals surface area contributed by atoms with Crippen molar-refractivity contribution in [3.63, 3.8) is 0 Å². The first-order valence-electron chi connectivity index (χ1n) is 16.2. The van der Waals surface area contributed by atoms with Crippen LogP contribution in [0.25, 0.3) is 0 Å². The van der Waals surface area contributed by atoms with Crippen LogP contribution in [-0.2, 0) is 26.2 Å². The molecular formula is C36H47N3O8S. The molecule has 1 N–H and O–H groups in total. The number of carbonyl (C=O) groups is 2. The third-order valence-corrected chi connectivity index (χ3v) is 10.4. The molecule has 1 fully saturated rings. The number of carbonyl (C=O) groups excluding carboxylic acids is 2. The lowest BCUT2D eigenvalue weighted by Gasteiger charge is -2.34. The maximum absolute atomic E-state index is 14.6. The molecule has 3 aromatic rings. The number of rotatable bonds is 15. The van der Waals surface area contributed by atoms with Gasteiger partial charge in [0.15, 0.2) is 11.5 Å². The van der Waals surface area contributed by atoms with Crippen LogP contribution < -0.4 is 28.6 Å². The minimum atomic E-state index is -4.44. The second kappa shape index (κ2) is 16.6. The quantitative estimate of drug-likeness (QED) is 0.224. The van der Waals surface area contributed by atoms with Crippen LogP contribution in [0.1, 0.15) is 56.6 Å². The molecule has 0 saturated heterocycles. The Morgan fingerprint density at radius 3 is 2.17 bits per heavy atom. The fraction of sp³-hybridized carbons (Fsp3) is 0.444. The van der Waals surface area contributed by atoms with Gasteiger partial charge in [-0.2, -0.15) is 0 Å². The van der Waals surface area contributed by atoms with Gasteiger partial charge in [0, 0.05) is 24.7 Å². The average molecular weight is 682 g/mol. The van der Waals surface area contributed by atoms with Gasteiger partial charge in [0.1, 0.15) is 24.1 Å². The van der Waals surface area contributed by atoms with Crippen LogP contribution in [0.2, 0.25) is 0 Å². The molecule has 48 heavy (non-hydrogen) atoms. The van der Waals surface area contributed by atoms with Crippen LogP contribution in [0, 0.1) is 6.92 Å². The van der Waals surface area contributed by atoms with Crippen molar-refractivity contribution in [1.29, 1.82) is 0 Å². The second-order valence-corrected chi connectivity index (χ2v) is 13.7. The number of hydrogen-bond acceptors (Lipinski definition) is 8. The smallest absolute Gasteiger partial charge is 0.265 e. The van der Waals surface area contributed by atoms with Crippen LogP contribution in [0.3, 0.4) is 0 Å². The van der Waals surface area contributed by atoms with E-state index < -0.39 is 28.5 Å². The zero-order chi connectivity index (χ0) is 34.8. The van der Waals surface area contributed by atoms with E-state index in [2.05, 4.69) is 5.32 Å². The van der Waals surface area contributed by atoms with E-state index in [1.807, 2.05) is 38.1 Å². The predicted molar refractivity (Wildman–Crippen MR) is 184 cm³/mol. The van der Waals surface area contributed by atoms with Crippen molar-refractivity contribution in [2.24, 2.45) is 0 Å². The fourth-order valence-electron chi connectivity index (χ4n) is 6.08. The van der Waals surface area contributed by atoms with E-state index in [0.717, 1.165) is 47.5 Å². The van der Waals surface area contributed by atoms with Gasteiger partial charge in [0.25, 0.3) is 10.0 Å². The first-order chi connectivity index (χ1) is 23.1. The van der Waals surface area contributed by atoms with Gasteiger partial charge in [-0.3, -0.25) is 13.9 Å². The number of sulfonamides is 1. The number of benzene rings is 3. The van der Waals surface area contributed by atoms with E-state index in [4.69, 9.17) is 18.9 Å². The normalized spacial score (nSPS) is 14.0. The van der Waals surface area contributed by atoms with Gasteiger partial charge < -0.3 is 29.2 Å². The molecular weight excluding hydrogens is 634 g/mol.